The molecule has 1 amide bonds. The number of carbonyl (C=O) groups excluding carboxylic acids is 2. The van der Waals surface area contributed by atoms with Gasteiger partial charge in [-0.2, -0.15) is 0 Å². The van der Waals surface area contributed by atoms with E-state index in [9.17, 15) is 14.7 Å². The number of ketones is 1. The van der Waals surface area contributed by atoms with Gasteiger partial charge in [-0.15, -0.1) is 0 Å². The summed E-state index contributed by atoms with van der Waals surface area (Å²) in [4.78, 5) is 29.9. The first-order valence-electron chi connectivity index (χ1n) is 14.7. The molecule has 2 unspecified atom stereocenters. The Labute approximate surface area is 232 Å². The molecule has 0 radical (unpaired) electrons. The monoisotopic (exact) mass is 543 g/mol. The van der Waals surface area contributed by atoms with Crippen molar-refractivity contribution in [1.82, 2.24) is 4.90 Å². The smallest absolute Gasteiger partial charge is 0.410 e. The Kier molecular flexibility index (Phi) is 6.24. The van der Waals surface area contributed by atoms with Crippen molar-refractivity contribution in [2.45, 2.75) is 84.4 Å². The van der Waals surface area contributed by atoms with E-state index in [4.69, 9.17) is 18.9 Å². The minimum absolute atomic E-state index is 0.0207. The molecule has 0 aromatic heterocycles. The Balaban J connectivity index is 1.40. The minimum atomic E-state index is -1.79. The van der Waals surface area contributed by atoms with Gasteiger partial charge in [-0.3, -0.25) is 4.79 Å². The largest absolute Gasteiger partial charge is 0.438 e. The van der Waals surface area contributed by atoms with Gasteiger partial charge in [0.05, 0.1) is 12.0 Å². The van der Waals surface area contributed by atoms with Crippen LogP contribution >= 0.6 is 0 Å². The Morgan fingerprint density at radius 1 is 1.21 bits per heavy atom. The van der Waals surface area contributed by atoms with E-state index in [1.165, 1.54) is 0 Å². The summed E-state index contributed by atoms with van der Waals surface area (Å²) >= 11 is 0. The first-order valence-corrected chi connectivity index (χ1v) is 14.7. The molecule has 2 saturated carbocycles. The zero-order valence-electron chi connectivity index (χ0n) is 24.5. The van der Waals surface area contributed by atoms with Crippen LogP contribution in [0.3, 0.4) is 0 Å². The number of amides is 1. The fourth-order valence-corrected chi connectivity index (χ4v) is 8.88. The Hall–Kier alpha value is -1.74. The lowest BCUT2D eigenvalue weighted by atomic mass is 9.59. The molecule has 2 saturated heterocycles. The Morgan fingerprint density at radius 2 is 1.90 bits per heavy atom. The number of fused-ring (bicyclic) bond motifs is 5. The highest BCUT2D eigenvalue weighted by Gasteiger charge is 2.77. The van der Waals surface area contributed by atoms with Crippen molar-refractivity contribution in [3.8, 4) is 0 Å². The lowest BCUT2D eigenvalue weighted by Crippen LogP contribution is -2.68. The van der Waals surface area contributed by atoms with Crippen LogP contribution in [0.4, 0.5) is 4.79 Å². The van der Waals surface area contributed by atoms with Crippen molar-refractivity contribution in [2.75, 3.05) is 33.4 Å². The molecule has 39 heavy (non-hydrogen) atoms. The van der Waals surface area contributed by atoms with Crippen LogP contribution in [-0.2, 0) is 23.7 Å². The summed E-state index contributed by atoms with van der Waals surface area (Å²) in [5.41, 5.74) is -1.49. The number of nitrogens with zero attached hydrogens (tertiary/aromatic N) is 1. The molecule has 2 bridgehead atoms. The standard InChI is InChI=1S/C31H45NO7/c1-17-14-30-18(2)12-22-23(28(22,3)4)21(24(30)33)13-20-16-37-29(5,6)39-26(20)31(30,35)25(17)38-27(34)32(7)15-19-8-10-36-11-9-19/h13-14,18-19,21-23,25-26,35H,8-12,15-16H2,1-7H3/t18?,21-,22+,23-,25-,26+,30?,31+/m0/s1. The van der Waals surface area contributed by atoms with Crippen molar-refractivity contribution in [2.24, 2.45) is 40.4 Å². The molecule has 4 fully saturated rings. The van der Waals surface area contributed by atoms with Crippen molar-refractivity contribution < 1.29 is 33.6 Å². The molecule has 2 heterocycles. The number of ether oxygens (including phenoxy) is 4. The number of hydrogen-bond acceptors (Lipinski definition) is 7. The molecule has 0 aromatic rings. The first-order chi connectivity index (χ1) is 18.2. The maximum Gasteiger partial charge on any atom is 0.410 e. The molecule has 8 nitrogen and oxygen atoms in total. The third-order valence-electron chi connectivity index (χ3n) is 11.1. The van der Waals surface area contributed by atoms with E-state index in [0.29, 0.717) is 37.2 Å². The first kappa shape index (κ1) is 27.4. The fraction of sp³-hybridized carbons (Fsp3) is 0.806. The predicted molar refractivity (Wildman–Crippen MR) is 144 cm³/mol. The van der Waals surface area contributed by atoms with E-state index in [1.807, 2.05) is 32.9 Å². The Morgan fingerprint density at radius 3 is 2.59 bits per heavy atom. The van der Waals surface area contributed by atoms with Gasteiger partial charge in [-0.25, -0.2) is 4.79 Å². The van der Waals surface area contributed by atoms with Gasteiger partial charge in [-0.05, 0) is 80.3 Å². The van der Waals surface area contributed by atoms with E-state index in [1.54, 1.807) is 11.9 Å². The summed E-state index contributed by atoms with van der Waals surface area (Å²) in [6, 6.07) is 0. The van der Waals surface area contributed by atoms with Gasteiger partial charge in [0.15, 0.2) is 23.3 Å². The van der Waals surface area contributed by atoms with E-state index in [2.05, 4.69) is 20.8 Å². The third-order valence-corrected chi connectivity index (χ3v) is 11.1. The van der Waals surface area contributed by atoms with E-state index < -0.39 is 35.1 Å². The van der Waals surface area contributed by atoms with Crippen LogP contribution in [0, 0.1) is 40.4 Å². The molecular weight excluding hydrogens is 498 g/mol. The van der Waals surface area contributed by atoms with Crippen LogP contribution in [0.5, 0.6) is 0 Å². The number of carbonyl (C=O) groups is 2. The summed E-state index contributed by atoms with van der Waals surface area (Å²) < 4.78 is 24.2. The van der Waals surface area contributed by atoms with Crippen molar-refractivity contribution >= 4 is 11.9 Å². The van der Waals surface area contributed by atoms with Gasteiger partial charge in [-0.1, -0.05) is 32.9 Å². The summed E-state index contributed by atoms with van der Waals surface area (Å²) in [7, 11) is 1.74. The average Bonchev–Trinajstić information content (AvgIpc) is 3.37. The highest BCUT2D eigenvalue weighted by atomic mass is 16.7. The van der Waals surface area contributed by atoms with Crippen LogP contribution in [0.2, 0.25) is 0 Å². The summed E-state index contributed by atoms with van der Waals surface area (Å²) in [5.74, 6) is -0.504. The molecule has 1 spiro atoms. The topological polar surface area (TPSA) is 94.5 Å². The van der Waals surface area contributed by atoms with E-state index >= 15 is 0 Å². The molecule has 6 aliphatic rings. The van der Waals surface area contributed by atoms with Crippen molar-refractivity contribution in [3.63, 3.8) is 0 Å². The molecule has 4 aliphatic carbocycles. The fourth-order valence-electron chi connectivity index (χ4n) is 8.88. The average molecular weight is 544 g/mol. The van der Waals surface area contributed by atoms with E-state index in [0.717, 1.165) is 24.8 Å². The van der Waals surface area contributed by atoms with Crippen molar-refractivity contribution in [1.29, 1.82) is 0 Å². The second kappa shape index (κ2) is 8.88. The molecule has 0 aromatic carbocycles. The quantitative estimate of drug-likeness (QED) is 0.535. The van der Waals surface area contributed by atoms with Crippen molar-refractivity contribution in [3.05, 3.63) is 23.3 Å². The van der Waals surface area contributed by atoms with Crippen LogP contribution in [-0.4, -0.2) is 78.9 Å². The molecule has 2 aliphatic heterocycles. The maximum atomic E-state index is 14.8. The number of allylic oxidation sites excluding steroid dienone is 1. The third kappa shape index (κ3) is 3.84. The van der Waals surface area contributed by atoms with Gasteiger partial charge in [0.2, 0.25) is 0 Å². The second-order valence-corrected chi connectivity index (χ2v) is 14.2. The summed E-state index contributed by atoms with van der Waals surface area (Å²) in [5, 5.41) is 13.1. The molecule has 8 atom stereocenters. The Bertz CT molecular complexity index is 1120. The van der Waals surface area contributed by atoms with Crippen LogP contribution < -0.4 is 0 Å². The number of aliphatic hydroxyl groups is 1. The van der Waals surface area contributed by atoms with Crippen LogP contribution in [0.1, 0.15) is 60.8 Å². The minimum Gasteiger partial charge on any atom is -0.438 e. The van der Waals surface area contributed by atoms with Crippen LogP contribution in [0.25, 0.3) is 0 Å². The zero-order chi connectivity index (χ0) is 28.1. The van der Waals surface area contributed by atoms with Gasteiger partial charge in [0, 0.05) is 32.7 Å². The van der Waals surface area contributed by atoms with Gasteiger partial charge in [0.1, 0.15) is 6.10 Å². The van der Waals surface area contributed by atoms with Gasteiger partial charge < -0.3 is 29.0 Å². The lowest BCUT2D eigenvalue weighted by molar-refractivity contribution is -0.303. The highest BCUT2D eigenvalue weighted by molar-refractivity contribution is 5.95. The maximum absolute atomic E-state index is 14.8. The zero-order valence-corrected chi connectivity index (χ0v) is 24.5. The molecule has 216 valence electrons. The van der Waals surface area contributed by atoms with Gasteiger partial charge >= 0.3 is 6.09 Å². The second-order valence-electron chi connectivity index (χ2n) is 14.2. The van der Waals surface area contributed by atoms with Gasteiger partial charge in [0.25, 0.3) is 0 Å². The van der Waals surface area contributed by atoms with Crippen LogP contribution in [0.15, 0.2) is 23.3 Å². The SMILES string of the molecule is CC1=CC23C(=O)[C@@H](C=C4COC(C)(C)O[C@H]4[C@]2(O)[C@H]1OC(=O)N(C)CC1CCOCC1)[C@H]1[C@@H](CC3C)C1(C)C. The number of Topliss-reactive ketones (excluding diaryl/α,β-unsaturated/α-hetero) is 1. The predicted octanol–water partition coefficient (Wildman–Crippen LogP) is 4.12. The molecule has 1 N–H and O–H groups in total. The molecular formula is C31H45NO7. The summed E-state index contributed by atoms with van der Waals surface area (Å²) in [6.45, 7) is 14.3. The normalized spacial score (nSPS) is 44.1. The lowest BCUT2D eigenvalue weighted by Gasteiger charge is -2.52. The summed E-state index contributed by atoms with van der Waals surface area (Å²) in [6.07, 6.45) is 4.23. The number of hydrogen-bond donors (Lipinski definition) is 1. The highest BCUT2D eigenvalue weighted by Crippen LogP contribution is 2.72. The molecule has 6 rings (SSSR count). The number of rotatable bonds is 3. The van der Waals surface area contributed by atoms with E-state index in [-0.39, 0.29) is 35.6 Å². The molecule has 8 heteroatoms.